The number of nitrogens with zero attached hydrogens (tertiary/aromatic N) is 1. The third kappa shape index (κ3) is 3.69. The van der Waals surface area contributed by atoms with Crippen LogP contribution < -0.4 is 5.73 Å². The van der Waals surface area contributed by atoms with Gasteiger partial charge in [-0.15, -0.1) is 0 Å². The number of carbonyl (C=O) groups excluding carboxylic acids is 1. The summed E-state index contributed by atoms with van der Waals surface area (Å²) in [6, 6.07) is 10.4. The average Bonchev–Trinajstić information content (AvgIpc) is 2.59. The van der Waals surface area contributed by atoms with Gasteiger partial charge in [0, 0.05) is 13.1 Å². The number of hydrogen-bond donors (Lipinski definition) is 1. The zero-order valence-corrected chi connectivity index (χ0v) is 13.8. The predicted octanol–water partition coefficient (Wildman–Crippen LogP) is 3.60. The molecule has 1 amide bonds. The Hall–Kier alpha value is -2.34. The van der Waals surface area contributed by atoms with Gasteiger partial charge in [0.2, 0.25) is 5.91 Å². The van der Waals surface area contributed by atoms with Gasteiger partial charge in [0.1, 0.15) is 0 Å². The molecule has 0 saturated carbocycles. The highest BCUT2D eigenvalue weighted by Crippen LogP contribution is 2.32. The lowest BCUT2D eigenvalue weighted by Crippen LogP contribution is -2.44. The summed E-state index contributed by atoms with van der Waals surface area (Å²) in [6.07, 6.45) is -3.62. The molecule has 1 heterocycles. The van der Waals surface area contributed by atoms with Crippen molar-refractivity contribution in [1.29, 1.82) is 0 Å². The molecule has 0 bridgehead atoms. The second-order valence-electron chi connectivity index (χ2n) is 6.36. The van der Waals surface area contributed by atoms with Crippen LogP contribution in [0, 0.1) is 0 Å². The van der Waals surface area contributed by atoms with Crippen molar-refractivity contribution < 1.29 is 18.0 Å². The fourth-order valence-electron chi connectivity index (χ4n) is 3.06. The van der Waals surface area contributed by atoms with E-state index in [0.717, 1.165) is 34.4 Å². The second-order valence-corrected chi connectivity index (χ2v) is 6.36. The van der Waals surface area contributed by atoms with E-state index in [0.29, 0.717) is 19.5 Å². The number of fused-ring (bicyclic) bond motifs is 1. The first kappa shape index (κ1) is 17.5. The number of amides is 1. The first-order chi connectivity index (χ1) is 11.8. The minimum atomic E-state index is -4.33. The van der Waals surface area contributed by atoms with E-state index in [1.807, 2.05) is 18.2 Å². The SMILES string of the molecule is C[C@H](N)C(=O)N1CCc2cc(-c3ccc(C(F)(F)F)cc3)ccc2C1. The number of carbonyl (C=O) groups is 1. The fraction of sp³-hybridized carbons (Fsp3) is 0.316. The van der Waals surface area contributed by atoms with Crippen LogP contribution in [0.15, 0.2) is 42.5 Å². The molecule has 6 heteroatoms. The molecule has 1 atom stereocenters. The van der Waals surface area contributed by atoms with Gasteiger partial charge in [0.25, 0.3) is 0 Å². The Morgan fingerprint density at radius 3 is 2.32 bits per heavy atom. The van der Waals surface area contributed by atoms with Crippen LogP contribution in [0.25, 0.3) is 11.1 Å². The van der Waals surface area contributed by atoms with E-state index in [9.17, 15) is 18.0 Å². The molecule has 1 aliphatic rings. The quantitative estimate of drug-likeness (QED) is 0.901. The molecular formula is C19H19F3N2O. The third-order valence-corrected chi connectivity index (χ3v) is 4.47. The van der Waals surface area contributed by atoms with Gasteiger partial charge in [0.05, 0.1) is 11.6 Å². The Bertz CT molecular complexity index is 782. The highest BCUT2D eigenvalue weighted by Gasteiger charge is 2.30. The maximum Gasteiger partial charge on any atom is 0.416 e. The summed E-state index contributed by atoms with van der Waals surface area (Å²) < 4.78 is 38.0. The van der Waals surface area contributed by atoms with Crippen molar-refractivity contribution in [3.05, 3.63) is 59.2 Å². The zero-order valence-electron chi connectivity index (χ0n) is 13.8. The van der Waals surface area contributed by atoms with Crippen molar-refractivity contribution in [2.45, 2.75) is 32.1 Å². The van der Waals surface area contributed by atoms with E-state index >= 15 is 0 Å². The summed E-state index contributed by atoms with van der Waals surface area (Å²) in [5.74, 6) is -0.0718. The molecule has 0 aliphatic carbocycles. The van der Waals surface area contributed by atoms with Gasteiger partial charge >= 0.3 is 6.18 Å². The molecule has 132 valence electrons. The first-order valence-corrected chi connectivity index (χ1v) is 8.09. The molecule has 0 fully saturated rings. The molecule has 2 aromatic carbocycles. The molecule has 1 aliphatic heterocycles. The van der Waals surface area contributed by atoms with Crippen LogP contribution >= 0.6 is 0 Å². The lowest BCUT2D eigenvalue weighted by Gasteiger charge is -2.30. The zero-order chi connectivity index (χ0) is 18.2. The molecule has 0 saturated heterocycles. The number of alkyl halides is 3. The molecule has 3 rings (SSSR count). The van der Waals surface area contributed by atoms with Crippen LogP contribution in [-0.2, 0) is 23.9 Å². The Balaban J connectivity index is 1.82. The highest BCUT2D eigenvalue weighted by atomic mass is 19.4. The van der Waals surface area contributed by atoms with E-state index in [4.69, 9.17) is 5.73 Å². The Kier molecular flexibility index (Phi) is 4.56. The smallest absolute Gasteiger partial charge is 0.337 e. The molecular weight excluding hydrogens is 329 g/mol. The van der Waals surface area contributed by atoms with Crippen LogP contribution in [-0.4, -0.2) is 23.4 Å². The molecule has 0 radical (unpaired) electrons. The normalized spacial score (nSPS) is 15.6. The summed E-state index contributed by atoms with van der Waals surface area (Å²) in [5.41, 5.74) is 8.79. The van der Waals surface area contributed by atoms with Gasteiger partial charge in [-0.25, -0.2) is 0 Å². The van der Waals surface area contributed by atoms with E-state index < -0.39 is 17.8 Å². The van der Waals surface area contributed by atoms with Crippen molar-refractivity contribution in [2.24, 2.45) is 5.73 Å². The Morgan fingerprint density at radius 1 is 1.08 bits per heavy atom. The summed E-state index contributed by atoms with van der Waals surface area (Å²) in [4.78, 5) is 13.8. The highest BCUT2D eigenvalue weighted by molar-refractivity contribution is 5.81. The molecule has 0 unspecified atom stereocenters. The van der Waals surface area contributed by atoms with Crippen molar-refractivity contribution in [2.75, 3.05) is 6.54 Å². The van der Waals surface area contributed by atoms with Gasteiger partial charge < -0.3 is 10.6 Å². The number of benzene rings is 2. The van der Waals surface area contributed by atoms with Crippen molar-refractivity contribution in [1.82, 2.24) is 4.90 Å². The minimum absolute atomic E-state index is 0.0718. The standard InChI is InChI=1S/C19H19F3N2O/c1-12(23)18(25)24-9-8-15-10-14(2-3-16(15)11-24)13-4-6-17(7-5-13)19(20,21)22/h2-7,10,12H,8-9,11,23H2,1H3/t12-/m0/s1. The topological polar surface area (TPSA) is 46.3 Å². The maximum absolute atomic E-state index is 12.7. The minimum Gasteiger partial charge on any atom is -0.337 e. The summed E-state index contributed by atoms with van der Waals surface area (Å²) in [5, 5.41) is 0. The summed E-state index contributed by atoms with van der Waals surface area (Å²) >= 11 is 0. The van der Waals surface area contributed by atoms with Crippen molar-refractivity contribution >= 4 is 5.91 Å². The number of halogens is 3. The van der Waals surface area contributed by atoms with Crippen LogP contribution in [0.3, 0.4) is 0 Å². The van der Waals surface area contributed by atoms with E-state index in [1.165, 1.54) is 12.1 Å². The molecule has 0 spiro atoms. The molecule has 2 N–H and O–H groups in total. The van der Waals surface area contributed by atoms with Crippen LogP contribution in [0.5, 0.6) is 0 Å². The lowest BCUT2D eigenvalue weighted by atomic mass is 9.94. The van der Waals surface area contributed by atoms with E-state index in [2.05, 4.69) is 0 Å². The van der Waals surface area contributed by atoms with Crippen LogP contribution in [0.4, 0.5) is 13.2 Å². The summed E-state index contributed by atoms with van der Waals surface area (Å²) in [7, 11) is 0. The molecule has 0 aromatic heterocycles. The van der Waals surface area contributed by atoms with Crippen molar-refractivity contribution in [3.63, 3.8) is 0 Å². The average molecular weight is 348 g/mol. The molecule has 2 aromatic rings. The van der Waals surface area contributed by atoms with E-state index in [-0.39, 0.29) is 5.91 Å². The third-order valence-electron chi connectivity index (χ3n) is 4.47. The Labute approximate surface area is 144 Å². The van der Waals surface area contributed by atoms with Crippen LogP contribution in [0.1, 0.15) is 23.6 Å². The van der Waals surface area contributed by atoms with Gasteiger partial charge in [-0.1, -0.05) is 30.3 Å². The van der Waals surface area contributed by atoms with E-state index in [1.54, 1.807) is 11.8 Å². The largest absolute Gasteiger partial charge is 0.416 e. The lowest BCUT2D eigenvalue weighted by molar-refractivity contribution is -0.137. The van der Waals surface area contributed by atoms with Crippen molar-refractivity contribution in [3.8, 4) is 11.1 Å². The van der Waals surface area contributed by atoms with Gasteiger partial charge in [-0.05, 0) is 47.7 Å². The second kappa shape index (κ2) is 6.52. The predicted molar refractivity (Wildman–Crippen MR) is 89.7 cm³/mol. The molecule has 25 heavy (non-hydrogen) atoms. The number of hydrogen-bond acceptors (Lipinski definition) is 2. The van der Waals surface area contributed by atoms with Crippen LogP contribution in [0.2, 0.25) is 0 Å². The monoisotopic (exact) mass is 348 g/mol. The number of rotatable bonds is 2. The van der Waals surface area contributed by atoms with Gasteiger partial charge in [-0.2, -0.15) is 13.2 Å². The van der Waals surface area contributed by atoms with Gasteiger partial charge in [0.15, 0.2) is 0 Å². The Morgan fingerprint density at radius 2 is 1.72 bits per heavy atom. The van der Waals surface area contributed by atoms with Gasteiger partial charge in [-0.3, -0.25) is 4.79 Å². The maximum atomic E-state index is 12.7. The fourth-order valence-corrected chi connectivity index (χ4v) is 3.06. The molecule has 3 nitrogen and oxygen atoms in total. The number of nitrogens with two attached hydrogens (primary N) is 1. The summed E-state index contributed by atoms with van der Waals surface area (Å²) in [6.45, 7) is 2.79. The first-order valence-electron chi connectivity index (χ1n) is 8.09.